The van der Waals surface area contributed by atoms with Crippen molar-refractivity contribution in [2.45, 2.75) is 19.3 Å². The van der Waals surface area contributed by atoms with Crippen molar-refractivity contribution in [3.8, 4) is 0 Å². The van der Waals surface area contributed by atoms with Gasteiger partial charge in [-0.15, -0.1) is 11.3 Å². The van der Waals surface area contributed by atoms with Gasteiger partial charge in [-0.1, -0.05) is 0 Å². The SMILES string of the molecule is NC(=O)c1ccc(N2CCCCC2)c(NC(=O)c2ccc(C(=O)O)s2)c1. The van der Waals surface area contributed by atoms with Crippen molar-refractivity contribution in [1.29, 1.82) is 0 Å². The van der Waals surface area contributed by atoms with E-state index in [1.54, 1.807) is 18.2 Å². The van der Waals surface area contributed by atoms with Gasteiger partial charge in [-0.25, -0.2) is 4.79 Å². The number of nitrogens with two attached hydrogens (primary N) is 1. The monoisotopic (exact) mass is 373 g/mol. The number of rotatable bonds is 5. The second kappa shape index (κ2) is 7.57. The number of aromatic carboxylic acids is 1. The number of primary amides is 1. The Hall–Kier alpha value is -2.87. The zero-order chi connectivity index (χ0) is 18.7. The first kappa shape index (κ1) is 17.9. The summed E-state index contributed by atoms with van der Waals surface area (Å²) in [6.07, 6.45) is 3.31. The lowest BCUT2D eigenvalue weighted by Crippen LogP contribution is -2.30. The van der Waals surface area contributed by atoms with Crippen LogP contribution in [-0.2, 0) is 0 Å². The number of benzene rings is 1. The number of thiophene rings is 1. The van der Waals surface area contributed by atoms with Crippen LogP contribution in [0.15, 0.2) is 30.3 Å². The van der Waals surface area contributed by atoms with E-state index in [1.165, 1.54) is 18.6 Å². The molecule has 2 aromatic rings. The number of amides is 2. The van der Waals surface area contributed by atoms with E-state index in [-0.39, 0.29) is 9.75 Å². The first-order chi connectivity index (χ1) is 12.5. The molecule has 26 heavy (non-hydrogen) atoms. The van der Waals surface area contributed by atoms with Crippen molar-refractivity contribution in [3.63, 3.8) is 0 Å². The highest BCUT2D eigenvalue weighted by Gasteiger charge is 2.19. The Kier molecular flexibility index (Phi) is 5.22. The Morgan fingerprint density at radius 2 is 1.73 bits per heavy atom. The number of carbonyl (C=O) groups is 3. The molecule has 4 N–H and O–H groups in total. The number of carboxylic acids is 1. The molecule has 2 amide bonds. The Bertz CT molecular complexity index is 856. The standard InChI is InChI=1S/C18H19N3O4S/c19-16(22)11-4-5-13(21-8-2-1-3-9-21)12(10-11)20-17(23)14-6-7-15(26-14)18(24)25/h4-7,10H,1-3,8-9H2,(H2,19,22)(H,20,23)(H,24,25). The van der Waals surface area contributed by atoms with Crippen LogP contribution in [0.2, 0.25) is 0 Å². The lowest BCUT2D eigenvalue weighted by atomic mass is 10.1. The topological polar surface area (TPSA) is 113 Å². The maximum Gasteiger partial charge on any atom is 0.345 e. The molecule has 1 aliphatic rings. The largest absolute Gasteiger partial charge is 0.477 e. The summed E-state index contributed by atoms with van der Waals surface area (Å²) in [6.45, 7) is 1.75. The van der Waals surface area contributed by atoms with Gasteiger partial charge in [0, 0.05) is 18.7 Å². The van der Waals surface area contributed by atoms with Gasteiger partial charge in [-0.05, 0) is 49.6 Å². The maximum absolute atomic E-state index is 12.5. The molecule has 0 aliphatic carbocycles. The van der Waals surface area contributed by atoms with Gasteiger partial charge in [-0.3, -0.25) is 9.59 Å². The minimum atomic E-state index is -1.07. The van der Waals surface area contributed by atoms with Crippen LogP contribution in [0.25, 0.3) is 0 Å². The number of piperidine rings is 1. The molecule has 1 fully saturated rings. The first-order valence-electron chi connectivity index (χ1n) is 8.29. The van der Waals surface area contributed by atoms with Crippen LogP contribution < -0.4 is 16.0 Å². The quantitative estimate of drug-likeness (QED) is 0.746. The number of carbonyl (C=O) groups excluding carboxylic acids is 2. The maximum atomic E-state index is 12.5. The van der Waals surface area contributed by atoms with Crippen molar-refractivity contribution in [3.05, 3.63) is 45.6 Å². The summed E-state index contributed by atoms with van der Waals surface area (Å²) in [5.41, 5.74) is 7.00. The number of anilines is 2. The number of hydrogen-bond donors (Lipinski definition) is 3. The lowest BCUT2D eigenvalue weighted by molar-refractivity contribution is 0.0701. The molecule has 0 saturated carbocycles. The molecular formula is C18H19N3O4S. The molecule has 7 nitrogen and oxygen atoms in total. The summed E-state index contributed by atoms with van der Waals surface area (Å²) in [5.74, 6) is -2.06. The van der Waals surface area contributed by atoms with E-state index in [0.29, 0.717) is 11.3 Å². The normalized spacial score (nSPS) is 14.1. The van der Waals surface area contributed by atoms with Gasteiger partial charge in [-0.2, -0.15) is 0 Å². The van der Waals surface area contributed by atoms with Crippen LogP contribution in [0.5, 0.6) is 0 Å². The van der Waals surface area contributed by atoms with Crippen molar-refractivity contribution in [2.24, 2.45) is 5.73 Å². The van der Waals surface area contributed by atoms with E-state index in [0.717, 1.165) is 43.0 Å². The number of carboxylic acid groups (broad SMARTS) is 1. The molecule has 0 spiro atoms. The van der Waals surface area contributed by atoms with Crippen molar-refractivity contribution >= 4 is 40.5 Å². The average Bonchev–Trinajstić information content (AvgIpc) is 3.13. The van der Waals surface area contributed by atoms with Crippen LogP contribution in [0, 0.1) is 0 Å². The fourth-order valence-corrected chi connectivity index (χ4v) is 3.70. The predicted octanol–water partition coefficient (Wildman–Crippen LogP) is 2.79. The van der Waals surface area contributed by atoms with Gasteiger partial charge in [0.2, 0.25) is 5.91 Å². The minimum absolute atomic E-state index is 0.0947. The number of nitrogens with zero attached hydrogens (tertiary/aromatic N) is 1. The third-order valence-electron chi connectivity index (χ3n) is 4.27. The summed E-state index contributed by atoms with van der Waals surface area (Å²) in [4.78, 5) is 37.6. The summed E-state index contributed by atoms with van der Waals surface area (Å²) in [5, 5.41) is 11.8. The number of nitrogens with one attached hydrogen (secondary N) is 1. The van der Waals surface area contributed by atoms with Gasteiger partial charge in [0.25, 0.3) is 5.91 Å². The fraction of sp³-hybridized carbons (Fsp3) is 0.278. The van der Waals surface area contributed by atoms with Gasteiger partial charge in [0.15, 0.2) is 0 Å². The average molecular weight is 373 g/mol. The van der Waals surface area contributed by atoms with Crippen molar-refractivity contribution < 1.29 is 19.5 Å². The summed E-state index contributed by atoms with van der Waals surface area (Å²) >= 11 is 0.903. The molecule has 1 aliphatic heterocycles. The van der Waals surface area contributed by atoms with Crippen LogP contribution in [0.1, 0.15) is 49.0 Å². The van der Waals surface area contributed by atoms with Crippen LogP contribution in [0.4, 0.5) is 11.4 Å². The predicted molar refractivity (Wildman–Crippen MR) is 100 cm³/mol. The Morgan fingerprint density at radius 1 is 1.04 bits per heavy atom. The summed E-state index contributed by atoms with van der Waals surface area (Å²) in [6, 6.07) is 7.87. The molecule has 0 bridgehead atoms. The van der Waals surface area contributed by atoms with Gasteiger partial charge < -0.3 is 21.1 Å². The third kappa shape index (κ3) is 3.85. The first-order valence-corrected chi connectivity index (χ1v) is 9.10. The summed E-state index contributed by atoms with van der Waals surface area (Å²) < 4.78 is 0. The van der Waals surface area contributed by atoms with E-state index in [9.17, 15) is 14.4 Å². The van der Waals surface area contributed by atoms with Crippen LogP contribution in [0.3, 0.4) is 0 Å². The Balaban J connectivity index is 1.90. The zero-order valence-corrected chi connectivity index (χ0v) is 14.8. The molecule has 0 radical (unpaired) electrons. The zero-order valence-electron chi connectivity index (χ0n) is 14.0. The van der Waals surface area contributed by atoms with E-state index in [2.05, 4.69) is 10.2 Å². The molecule has 3 rings (SSSR count). The highest BCUT2D eigenvalue weighted by Crippen LogP contribution is 2.30. The molecule has 1 saturated heterocycles. The molecule has 1 aromatic heterocycles. The van der Waals surface area contributed by atoms with E-state index in [4.69, 9.17) is 10.8 Å². The molecule has 0 atom stereocenters. The number of hydrogen-bond acceptors (Lipinski definition) is 5. The second-order valence-corrected chi connectivity index (χ2v) is 7.15. The summed E-state index contributed by atoms with van der Waals surface area (Å²) in [7, 11) is 0. The van der Waals surface area contributed by atoms with Crippen molar-refractivity contribution in [2.75, 3.05) is 23.3 Å². The third-order valence-corrected chi connectivity index (χ3v) is 5.34. The van der Waals surface area contributed by atoms with Crippen LogP contribution >= 0.6 is 11.3 Å². The van der Waals surface area contributed by atoms with Crippen LogP contribution in [-0.4, -0.2) is 36.0 Å². The smallest absolute Gasteiger partial charge is 0.345 e. The molecule has 0 unspecified atom stereocenters. The fourth-order valence-electron chi connectivity index (χ4n) is 2.96. The lowest BCUT2D eigenvalue weighted by Gasteiger charge is -2.30. The van der Waals surface area contributed by atoms with Gasteiger partial charge >= 0.3 is 5.97 Å². The Labute approximate surface area is 154 Å². The highest BCUT2D eigenvalue weighted by molar-refractivity contribution is 7.16. The minimum Gasteiger partial charge on any atom is -0.477 e. The van der Waals surface area contributed by atoms with Gasteiger partial charge in [0.05, 0.1) is 16.3 Å². The molecular weight excluding hydrogens is 354 g/mol. The van der Waals surface area contributed by atoms with Crippen molar-refractivity contribution in [1.82, 2.24) is 0 Å². The Morgan fingerprint density at radius 3 is 2.35 bits per heavy atom. The molecule has 1 aromatic carbocycles. The second-order valence-electron chi connectivity index (χ2n) is 6.07. The molecule has 8 heteroatoms. The molecule has 2 heterocycles. The van der Waals surface area contributed by atoms with E-state index < -0.39 is 17.8 Å². The van der Waals surface area contributed by atoms with E-state index in [1.807, 2.05) is 0 Å². The highest BCUT2D eigenvalue weighted by atomic mass is 32.1. The van der Waals surface area contributed by atoms with Gasteiger partial charge in [0.1, 0.15) is 4.88 Å². The van der Waals surface area contributed by atoms with E-state index >= 15 is 0 Å². The molecule has 136 valence electrons.